The monoisotopic (exact) mass is 260 g/mol. The Kier molecular flexibility index (Phi) is 3.84. The summed E-state index contributed by atoms with van der Waals surface area (Å²) >= 11 is 3.37. The van der Waals surface area contributed by atoms with Crippen molar-refractivity contribution in [3.8, 4) is 0 Å². The quantitative estimate of drug-likeness (QED) is 0.574. The molecule has 0 aromatic heterocycles. The van der Waals surface area contributed by atoms with Gasteiger partial charge in [-0.25, -0.2) is 0 Å². The van der Waals surface area contributed by atoms with E-state index in [0.717, 1.165) is 11.8 Å². The summed E-state index contributed by atoms with van der Waals surface area (Å²) in [6, 6.07) is 0. The highest BCUT2D eigenvalue weighted by Gasteiger charge is 2.49. The van der Waals surface area contributed by atoms with Gasteiger partial charge in [0.25, 0.3) is 0 Å². The van der Waals surface area contributed by atoms with Gasteiger partial charge in [0.15, 0.2) is 0 Å². The zero-order valence-electron chi connectivity index (χ0n) is 9.34. The van der Waals surface area contributed by atoms with E-state index in [1.807, 2.05) is 5.98 Å². The van der Waals surface area contributed by atoms with Gasteiger partial charge in [0.2, 0.25) is 0 Å². The van der Waals surface area contributed by atoms with Crippen LogP contribution in [0.2, 0.25) is 0 Å². The molecule has 0 spiro atoms. The lowest BCUT2D eigenvalue weighted by Crippen LogP contribution is -2.41. The molecule has 14 heavy (non-hydrogen) atoms. The number of hydrogen-bond acceptors (Lipinski definition) is 2. The normalized spacial score (nSPS) is 24.8. The Balaban J connectivity index is 2.55. The minimum absolute atomic E-state index is 0.195. The summed E-state index contributed by atoms with van der Waals surface area (Å²) in [5, 5.41) is 0.975. The van der Waals surface area contributed by atoms with E-state index >= 15 is 0 Å². The lowest BCUT2D eigenvalue weighted by atomic mass is 9.90. The molecule has 1 aliphatic heterocycles. The fourth-order valence-corrected chi connectivity index (χ4v) is 1.50. The molecule has 1 heterocycles. The molecule has 0 atom stereocenters. The molecule has 80 valence electrons. The van der Waals surface area contributed by atoms with Crippen molar-refractivity contribution in [3.05, 3.63) is 12.1 Å². The van der Waals surface area contributed by atoms with Crippen molar-refractivity contribution in [2.75, 3.05) is 5.33 Å². The first-order valence-corrected chi connectivity index (χ1v) is 6.09. The minimum atomic E-state index is -0.226. The topological polar surface area (TPSA) is 18.5 Å². The Morgan fingerprint density at radius 3 is 2.07 bits per heavy atom. The van der Waals surface area contributed by atoms with Crippen LogP contribution in [-0.2, 0) is 9.31 Å². The second-order valence-electron chi connectivity index (χ2n) is 4.53. The molecule has 0 N–H and O–H groups in total. The SMILES string of the molecule is CC1(C)OB(/C=C/CCBr)OC1(C)C. The molecule has 1 rings (SSSR count). The van der Waals surface area contributed by atoms with Crippen LogP contribution in [0.4, 0.5) is 0 Å². The first-order chi connectivity index (χ1) is 6.39. The van der Waals surface area contributed by atoms with Crippen LogP contribution in [-0.4, -0.2) is 23.7 Å². The summed E-state index contributed by atoms with van der Waals surface area (Å²) in [4.78, 5) is 0. The highest BCUT2D eigenvalue weighted by atomic mass is 79.9. The second kappa shape index (κ2) is 4.37. The molecule has 1 fully saturated rings. The number of alkyl halides is 1. The third-order valence-corrected chi connectivity index (χ3v) is 3.30. The van der Waals surface area contributed by atoms with Gasteiger partial charge in [-0.15, -0.1) is 0 Å². The Labute approximate surface area is 95.3 Å². The van der Waals surface area contributed by atoms with Crippen LogP contribution >= 0.6 is 15.9 Å². The highest BCUT2D eigenvalue weighted by Crippen LogP contribution is 2.36. The smallest absolute Gasteiger partial charge is 0.400 e. The largest absolute Gasteiger partial charge is 0.486 e. The van der Waals surface area contributed by atoms with E-state index < -0.39 is 0 Å². The zero-order chi connectivity index (χ0) is 10.8. The van der Waals surface area contributed by atoms with Gasteiger partial charge >= 0.3 is 7.12 Å². The summed E-state index contributed by atoms with van der Waals surface area (Å²) in [6.45, 7) is 8.24. The van der Waals surface area contributed by atoms with Gasteiger partial charge < -0.3 is 9.31 Å². The average molecular weight is 261 g/mol. The van der Waals surface area contributed by atoms with Gasteiger partial charge in [-0.1, -0.05) is 28.0 Å². The first-order valence-electron chi connectivity index (χ1n) is 4.97. The van der Waals surface area contributed by atoms with Crippen molar-refractivity contribution in [2.24, 2.45) is 0 Å². The fraction of sp³-hybridized carbons (Fsp3) is 0.800. The second-order valence-corrected chi connectivity index (χ2v) is 5.32. The van der Waals surface area contributed by atoms with E-state index in [9.17, 15) is 0 Å². The van der Waals surface area contributed by atoms with Crippen molar-refractivity contribution < 1.29 is 9.31 Å². The standard InChI is InChI=1S/C10H18BBrO2/c1-9(2)10(3,4)14-11(13-9)7-5-6-8-12/h5,7H,6,8H2,1-4H3/b7-5+. The Hall–Kier alpha value is 0.205. The first kappa shape index (κ1) is 12.3. The van der Waals surface area contributed by atoms with Crippen molar-refractivity contribution in [1.82, 2.24) is 0 Å². The van der Waals surface area contributed by atoms with Crippen LogP contribution in [0.5, 0.6) is 0 Å². The molecule has 2 nitrogen and oxygen atoms in total. The van der Waals surface area contributed by atoms with Crippen LogP contribution < -0.4 is 0 Å². The van der Waals surface area contributed by atoms with Crippen LogP contribution in [0.3, 0.4) is 0 Å². The van der Waals surface area contributed by atoms with E-state index in [4.69, 9.17) is 9.31 Å². The fourth-order valence-electron chi connectivity index (χ4n) is 1.24. The van der Waals surface area contributed by atoms with Crippen LogP contribution in [0.25, 0.3) is 0 Å². The third kappa shape index (κ3) is 2.62. The molecule has 0 saturated carbocycles. The van der Waals surface area contributed by atoms with Crippen LogP contribution in [0.1, 0.15) is 34.1 Å². The molecule has 0 aromatic carbocycles. The van der Waals surface area contributed by atoms with Crippen molar-refractivity contribution in [2.45, 2.75) is 45.3 Å². The van der Waals surface area contributed by atoms with E-state index in [1.54, 1.807) is 0 Å². The van der Waals surface area contributed by atoms with Gasteiger partial charge in [0, 0.05) is 5.33 Å². The van der Waals surface area contributed by atoms with E-state index in [0.29, 0.717) is 0 Å². The summed E-state index contributed by atoms with van der Waals surface area (Å²) in [5.74, 6) is 1.98. The van der Waals surface area contributed by atoms with Crippen LogP contribution in [0.15, 0.2) is 12.1 Å². The third-order valence-electron chi connectivity index (χ3n) is 2.84. The molecule has 0 radical (unpaired) electrons. The molecular formula is C10H18BBrO2. The highest BCUT2D eigenvalue weighted by molar-refractivity contribution is 9.09. The predicted molar refractivity (Wildman–Crippen MR) is 63.6 cm³/mol. The predicted octanol–water partition coefficient (Wildman–Crippen LogP) is 2.96. The lowest BCUT2D eigenvalue weighted by molar-refractivity contribution is 0.00578. The van der Waals surface area contributed by atoms with Crippen molar-refractivity contribution in [1.29, 1.82) is 0 Å². The van der Waals surface area contributed by atoms with E-state index in [1.165, 1.54) is 0 Å². The minimum Gasteiger partial charge on any atom is -0.400 e. The Morgan fingerprint density at radius 1 is 1.14 bits per heavy atom. The summed E-state index contributed by atoms with van der Waals surface area (Å²) < 4.78 is 11.6. The molecule has 4 heteroatoms. The summed E-state index contributed by atoms with van der Waals surface area (Å²) in [5.41, 5.74) is -0.452. The van der Waals surface area contributed by atoms with Gasteiger partial charge in [-0.2, -0.15) is 0 Å². The molecule has 1 aliphatic rings. The molecule has 0 unspecified atom stereocenters. The number of rotatable bonds is 3. The van der Waals surface area contributed by atoms with Gasteiger partial charge in [-0.05, 0) is 34.1 Å². The number of hydrogen-bond donors (Lipinski definition) is 0. The summed E-state index contributed by atoms with van der Waals surface area (Å²) in [7, 11) is -0.195. The Bertz CT molecular complexity index is 210. The van der Waals surface area contributed by atoms with Gasteiger partial charge in [0.1, 0.15) is 0 Å². The molecule has 0 bridgehead atoms. The maximum absolute atomic E-state index is 5.79. The van der Waals surface area contributed by atoms with Crippen LogP contribution in [0, 0.1) is 0 Å². The van der Waals surface area contributed by atoms with Gasteiger partial charge in [0.05, 0.1) is 11.2 Å². The lowest BCUT2D eigenvalue weighted by Gasteiger charge is -2.32. The zero-order valence-corrected chi connectivity index (χ0v) is 10.9. The molecule has 0 aromatic rings. The maximum atomic E-state index is 5.79. The Morgan fingerprint density at radius 2 is 1.64 bits per heavy atom. The maximum Gasteiger partial charge on any atom is 0.486 e. The molecule has 0 amide bonds. The van der Waals surface area contributed by atoms with E-state index in [-0.39, 0.29) is 18.3 Å². The van der Waals surface area contributed by atoms with Crippen molar-refractivity contribution >= 4 is 23.0 Å². The molecular weight excluding hydrogens is 243 g/mol. The molecule has 1 saturated heterocycles. The number of allylic oxidation sites excluding steroid dienone is 1. The average Bonchev–Trinajstić information content (AvgIpc) is 2.21. The van der Waals surface area contributed by atoms with Crippen molar-refractivity contribution in [3.63, 3.8) is 0 Å². The molecule has 0 aliphatic carbocycles. The summed E-state index contributed by atoms with van der Waals surface area (Å²) in [6.07, 6.45) is 3.08. The van der Waals surface area contributed by atoms with Gasteiger partial charge in [-0.3, -0.25) is 0 Å². The van der Waals surface area contributed by atoms with E-state index in [2.05, 4.69) is 49.7 Å². The number of halogens is 1.